The summed E-state index contributed by atoms with van der Waals surface area (Å²) in [5, 5.41) is 0. The number of aryl methyl sites for hydroxylation is 2. The van der Waals surface area contributed by atoms with Gasteiger partial charge in [-0.15, -0.1) is 0 Å². The molecule has 0 unspecified atom stereocenters. The Kier molecular flexibility index (Phi) is 4.62. The van der Waals surface area contributed by atoms with Crippen molar-refractivity contribution in [3.63, 3.8) is 0 Å². The first-order valence-corrected chi connectivity index (χ1v) is 7.79. The third kappa shape index (κ3) is 3.53. The maximum absolute atomic E-state index is 13.0. The molecule has 3 rings (SSSR count). The van der Waals surface area contributed by atoms with Gasteiger partial charge in [-0.1, -0.05) is 0 Å². The van der Waals surface area contributed by atoms with E-state index < -0.39 is 0 Å². The normalized spacial score (nSPS) is 17.2. The molecule has 1 amide bonds. The molecule has 0 saturated carbocycles. The molecule has 2 aromatic rings. The standard InChI is InChI=1S/C17H20N4O2/c1-12-16(10-19-13(2)20-12)17(22)21(11-15-4-3-9-23-15)14-5-7-18-8-6-14/h5-8,10,15H,3-4,9,11H2,1-2H3/t15-/m1/s1. The number of rotatable bonds is 4. The van der Waals surface area contributed by atoms with Gasteiger partial charge in [-0.3, -0.25) is 9.78 Å². The van der Waals surface area contributed by atoms with Crippen LogP contribution in [-0.2, 0) is 4.74 Å². The van der Waals surface area contributed by atoms with Crippen LogP contribution in [0.1, 0.15) is 34.7 Å². The van der Waals surface area contributed by atoms with E-state index in [2.05, 4.69) is 15.0 Å². The van der Waals surface area contributed by atoms with Gasteiger partial charge in [0.15, 0.2) is 0 Å². The lowest BCUT2D eigenvalue weighted by Crippen LogP contribution is -2.38. The second-order valence-electron chi connectivity index (χ2n) is 5.67. The van der Waals surface area contributed by atoms with Crippen LogP contribution < -0.4 is 4.90 Å². The molecule has 1 aliphatic heterocycles. The van der Waals surface area contributed by atoms with Gasteiger partial charge in [0.05, 0.1) is 23.9 Å². The lowest BCUT2D eigenvalue weighted by Gasteiger charge is -2.26. The van der Waals surface area contributed by atoms with Gasteiger partial charge < -0.3 is 9.64 Å². The fourth-order valence-electron chi connectivity index (χ4n) is 2.76. The molecule has 3 heterocycles. The smallest absolute Gasteiger partial charge is 0.261 e. The number of anilines is 1. The van der Waals surface area contributed by atoms with Crippen molar-refractivity contribution in [2.75, 3.05) is 18.1 Å². The van der Waals surface area contributed by atoms with Crippen LogP contribution in [0.3, 0.4) is 0 Å². The molecule has 23 heavy (non-hydrogen) atoms. The number of amides is 1. The Morgan fingerprint density at radius 3 is 2.78 bits per heavy atom. The summed E-state index contributed by atoms with van der Waals surface area (Å²) in [5.74, 6) is 0.554. The minimum Gasteiger partial charge on any atom is -0.376 e. The summed E-state index contributed by atoms with van der Waals surface area (Å²) in [4.78, 5) is 27.3. The molecule has 1 fully saturated rings. The zero-order valence-corrected chi connectivity index (χ0v) is 13.4. The van der Waals surface area contributed by atoms with Crippen molar-refractivity contribution in [3.8, 4) is 0 Å². The lowest BCUT2D eigenvalue weighted by molar-refractivity contribution is 0.0916. The maximum Gasteiger partial charge on any atom is 0.261 e. The van der Waals surface area contributed by atoms with Crippen LogP contribution in [0.4, 0.5) is 5.69 Å². The van der Waals surface area contributed by atoms with Crippen molar-refractivity contribution in [1.82, 2.24) is 15.0 Å². The Balaban J connectivity index is 1.91. The zero-order valence-electron chi connectivity index (χ0n) is 13.4. The molecule has 0 aliphatic carbocycles. The largest absolute Gasteiger partial charge is 0.376 e. The van der Waals surface area contributed by atoms with Gasteiger partial charge in [0.1, 0.15) is 5.82 Å². The predicted molar refractivity (Wildman–Crippen MR) is 86.4 cm³/mol. The fraction of sp³-hybridized carbons (Fsp3) is 0.412. The molecule has 0 radical (unpaired) electrons. The first kappa shape index (κ1) is 15.6. The summed E-state index contributed by atoms with van der Waals surface area (Å²) in [5.41, 5.74) is 2.01. The van der Waals surface area contributed by atoms with E-state index in [0.29, 0.717) is 23.6 Å². The molecule has 6 nitrogen and oxygen atoms in total. The Morgan fingerprint density at radius 2 is 2.13 bits per heavy atom. The number of pyridine rings is 1. The average Bonchev–Trinajstić information content (AvgIpc) is 3.06. The van der Waals surface area contributed by atoms with Gasteiger partial charge in [-0.05, 0) is 38.8 Å². The van der Waals surface area contributed by atoms with E-state index in [1.807, 2.05) is 26.0 Å². The summed E-state index contributed by atoms with van der Waals surface area (Å²) in [6.07, 6.45) is 7.05. The Morgan fingerprint density at radius 1 is 1.35 bits per heavy atom. The minimum absolute atomic E-state index is 0.0683. The molecule has 120 valence electrons. The second kappa shape index (κ2) is 6.83. The number of hydrogen-bond donors (Lipinski definition) is 0. The number of hydrogen-bond acceptors (Lipinski definition) is 5. The average molecular weight is 312 g/mol. The highest BCUT2D eigenvalue weighted by molar-refractivity contribution is 6.06. The van der Waals surface area contributed by atoms with Gasteiger partial charge in [0, 0.05) is 30.9 Å². The molecule has 1 saturated heterocycles. The fourth-order valence-corrected chi connectivity index (χ4v) is 2.76. The Labute approximate surface area is 135 Å². The molecule has 6 heteroatoms. The van der Waals surface area contributed by atoms with E-state index in [1.54, 1.807) is 23.5 Å². The molecule has 0 aromatic carbocycles. The van der Waals surface area contributed by atoms with Gasteiger partial charge in [0.25, 0.3) is 5.91 Å². The van der Waals surface area contributed by atoms with Crippen molar-refractivity contribution in [3.05, 3.63) is 47.8 Å². The third-order valence-electron chi connectivity index (χ3n) is 3.96. The van der Waals surface area contributed by atoms with Gasteiger partial charge in [-0.2, -0.15) is 0 Å². The van der Waals surface area contributed by atoms with E-state index in [-0.39, 0.29) is 12.0 Å². The molecular formula is C17H20N4O2. The highest BCUT2D eigenvalue weighted by atomic mass is 16.5. The van der Waals surface area contributed by atoms with E-state index in [1.165, 1.54) is 0 Å². The third-order valence-corrected chi connectivity index (χ3v) is 3.96. The monoisotopic (exact) mass is 312 g/mol. The Bertz CT molecular complexity index is 684. The summed E-state index contributed by atoms with van der Waals surface area (Å²) in [6.45, 7) is 4.93. The Hall–Kier alpha value is -2.34. The van der Waals surface area contributed by atoms with Crippen molar-refractivity contribution in [1.29, 1.82) is 0 Å². The molecule has 1 atom stereocenters. The molecule has 0 bridgehead atoms. The van der Waals surface area contributed by atoms with Crippen molar-refractivity contribution >= 4 is 11.6 Å². The van der Waals surface area contributed by atoms with E-state index in [9.17, 15) is 4.79 Å². The van der Waals surface area contributed by atoms with Crippen molar-refractivity contribution in [2.24, 2.45) is 0 Å². The highest BCUT2D eigenvalue weighted by Gasteiger charge is 2.26. The van der Waals surface area contributed by atoms with Crippen LogP contribution in [-0.4, -0.2) is 40.1 Å². The first-order valence-electron chi connectivity index (χ1n) is 7.79. The van der Waals surface area contributed by atoms with Crippen molar-refractivity contribution in [2.45, 2.75) is 32.8 Å². The van der Waals surface area contributed by atoms with Gasteiger partial charge in [0.2, 0.25) is 0 Å². The summed E-state index contributed by atoms with van der Waals surface area (Å²) < 4.78 is 5.70. The van der Waals surface area contributed by atoms with Crippen LogP contribution in [0.5, 0.6) is 0 Å². The maximum atomic E-state index is 13.0. The molecule has 1 aliphatic rings. The van der Waals surface area contributed by atoms with E-state index in [4.69, 9.17) is 4.74 Å². The van der Waals surface area contributed by atoms with Crippen LogP contribution in [0.25, 0.3) is 0 Å². The zero-order chi connectivity index (χ0) is 16.2. The van der Waals surface area contributed by atoms with Crippen molar-refractivity contribution < 1.29 is 9.53 Å². The minimum atomic E-state index is -0.107. The quantitative estimate of drug-likeness (QED) is 0.866. The molecule has 0 N–H and O–H groups in total. The topological polar surface area (TPSA) is 68.2 Å². The first-order chi connectivity index (χ1) is 11.1. The van der Waals surface area contributed by atoms with Gasteiger partial charge >= 0.3 is 0 Å². The van der Waals surface area contributed by atoms with Gasteiger partial charge in [-0.25, -0.2) is 9.97 Å². The molecule has 2 aromatic heterocycles. The number of carbonyl (C=O) groups is 1. The summed E-state index contributed by atoms with van der Waals surface area (Å²) in [6, 6.07) is 3.66. The number of nitrogens with zero attached hydrogens (tertiary/aromatic N) is 4. The highest BCUT2D eigenvalue weighted by Crippen LogP contribution is 2.21. The second-order valence-corrected chi connectivity index (χ2v) is 5.67. The van der Waals surface area contributed by atoms with Crippen LogP contribution in [0.2, 0.25) is 0 Å². The summed E-state index contributed by atoms with van der Waals surface area (Å²) in [7, 11) is 0. The number of aromatic nitrogens is 3. The SMILES string of the molecule is Cc1ncc(C(=O)N(C[C@H]2CCCO2)c2ccncc2)c(C)n1. The molecular weight excluding hydrogens is 292 g/mol. The van der Waals surface area contributed by atoms with Crippen LogP contribution >= 0.6 is 0 Å². The van der Waals surface area contributed by atoms with Crippen LogP contribution in [0, 0.1) is 13.8 Å². The predicted octanol–water partition coefficient (Wildman–Crippen LogP) is 2.31. The van der Waals surface area contributed by atoms with E-state index >= 15 is 0 Å². The number of ether oxygens (including phenoxy) is 1. The lowest BCUT2D eigenvalue weighted by atomic mass is 10.1. The van der Waals surface area contributed by atoms with Crippen LogP contribution in [0.15, 0.2) is 30.7 Å². The summed E-state index contributed by atoms with van der Waals surface area (Å²) >= 11 is 0. The van der Waals surface area contributed by atoms with E-state index in [0.717, 1.165) is 25.1 Å². The number of carbonyl (C=O) groups excluding carboxylic acids is 1. The molecule has 0 spiro atoms.